The fraction of sp³-hybridized carbons (Fsp3) is 0.125. The molecule has 0 radical (unpaired) electrons. The summed E-state index contributed by atoms with van der Waals surface area (Å²) < 4.78 is 62.9. The summed E-state index contributed by atoms with van der Waals surface area (Å²) in [5, 5.41) is 0. The fourth-order valence-electron chi connectivity index (χ4n) is 0.718. The van der Waals surface area contributed by atoms with Crippen molar-refractivity contribution >= 4 is 14.0 Å². The van der Waals surface area contributed by atoms with E-state index in [1.807, 2.05) is 27.9 Å². The molecule has 0 spiro atoms. The summed E-state index contributed by atoms with van der Waals surface area (Å²) in [6.07, 6.45) is 12.5. The standard InChI is InChI=1S/C8H9N2.F6P/c1-3-5-10-7-6-9(4-2)8-10;1-7(2,3,4,5)6/h1,4,6-8H,2,5H2;/q+1;-1. The van der Waals surface area contributed by atoms with Crippen molar-refractivity contribution in [2.24, 2.45) is 0 Å². The zero-order chi connectivity index (χ0) is 13.8. The predicted octanol–water partition coefficient (Wildman–Crippen LogP) is 3.89. The van der Waals surface area contributed by atoms with E-state index in [-0.39, 0.29) is 0 Å². The van der Waals surface area contributed by atoms with Gasteiger partial charge in [-0.25, -0.2) is 9.13 Å². The Bertz CT molecular complexity index is 426. The van der Waals surface area contributed by atoms with E-state index in [1.54, 1.807) is 6.20 Å². The van der Waals surface area contributed by atoms with E-state index in [0.717, 1.165) is 0 Å². The molecule has 98 valence electrons. The van der Waals surface area contributed by atoms with Crippen LogP contribution in [0.2, 0.25) is 0 Å². The fourth-order valence-corrected chi connectivity index (χ4v) is 0.718. The number of halogens is 6. The van der Waals surface area contributed by atoms with Crippen LogP contribution in [0, 0.1) is 12.3 Å². The molecule has 1 heterocycles. The average Bonchev–Trinajstić information content (AvgIpc) is 2.47. The van der Waals surface area contributed by atoms with Crippen LogP contribution in [0.25, 0.3) is 6.20 Å². The van der Waals surface area contributed by atoms with Crippen LogP contribution in [0.3, 0.4) is 0 Å². The number of aromatic nitrogens is 2. The Hall–Kier alpha value is -1.48. The van der Waals surface area contributed by atoms with E-state index in [1.165, 1.54) is 0 Å². The van der Waals surface area contributed by atoms with Crippen LogP contribution < -0.4 is 4.57 Å². The van der Waals surface area contributed by atoms with Gasteiger partial charge in [0.05, 0.1) is 6.20 Å². The molecule has 0 fully saturated rings. The second-order valence-corrected chi connectivity index (χ2v) is 4.79. The van der Waals surface area contributed by atoms with Crippen LogP contribution in [0.1, 0.15) is 0 Å². The molecule has 0 aliphatic rings. The SMILES string of the molecule is C#CC[n+]1ccn(C=C)c1.F[P-](F)(F)(F)(F)F. The van der Waals surface area contributed by atoms with Crippen LogP contribution >= 0.6 is 7.81 Å². The van der Waals surface area contributed by atoms with Crippen molar-refractivity contribution in [2.45, 2.75) is 6.54 Å². The molecule has 0 amide bonds. The number of terminal acetylenes is 1. The van der Waals surface area contributed by atoms with Gasteiger partial charge >= 0.3 is 33.0 Å². The number of hydrogen-bond acceptors (Lipinski definition) is 0. The van der Waals surface area contributed by atoms with Crippen molar-refractivity contribution in [3.05, 3.63) is 25.3 Å². The van der Waals surface area contributed by atoms with Gasteiger partial charge in [0.15, 0.2) is 6.54 Å². The molecule has 0 saturated heterocycles. The number of hydrogen-bond donors (Lipinski definition) is 0. The van der Waals surface area contributed by atoms with Gasteiger partial charge in [0.25, 0.3) is 0 Å². The molecule has 1 aromatic rings. The van der Waals surface area contributed by atoms with Gasteiger partial charge in [-0.3, -0.25) is 0 Å². The second kappa shape index (κ2) is 4.08. The van der Waals surface area contributed by atoms with Crippen molar-refractivity contribution < 1.29 is 29.7 Å². The van der Waals surface area contributed by atoms with Crippen molar-refractivity contribution in [1.29, 1.82) is 0 Å². The molecule has 0 aliphatic carbocycles. The Morgan fingerprint density at radius 1 is 1.29 bits per heavy atom. The molecule has 0 bridgehead atoms. The summed E-state index contributed by atoms with van der Waals surface area (Å²) in [6.45, 7) is 4.21. The minimum atomic E-state index is -10.7. The maximum absolute atomic E-state index is 10.7. The van der Waals surface area contributed by atoms with Gasteiger partial charge in [-0.05, 0) is 0 Å². The molecule has 0 atom stereocenters. The van der Waals surface area contributed by atoms with E-state index < -0.39 is 7.81 Å². The first kappa shape index (κ1) is 15.5. The van der Waals surface area contributed by atoms with Crippen LogP contribution in [-0.4, -0.2) is 4.57 Å². The zero-order valence-electron chi connectivity index (χ0n) is 8.41. The third-order valence-electron chi connectivity index (χ3n) is 1.20. The van der Waals surface area contributed by atoms with Crippen LogP contribution in [0.5, 0.6) is 0 Å². The molecule has 0 aliphatic heterocycles. The Balaban J connectivity index is 0.000000325. The first-order valence-electron chi connectivity index (χ1n) is 4.01. The zero-order valence-corrected chi connectivity index (χ0v) is 9.30. The summed E-state index contributed by atoms with van der Waals surface area (Å²) in [4.78, 5) is 0. The van der Waals surface area contributed by atoms with Gasteiger partial charge in [-0.2, -0.15) is 0 Å². The molecular weight excluding hydrogens is 269 g/mol. The summed E-state index contributed by atoms with van der Waals surface area (Å²) in [7, 11) is -10.7. The normalized spacial score (nSPS) is 14.6. The van der Waals surface area contributed by atoms with E-state index >= 15 is 0 Å². The minimum absolute atomic E-state index is 0.612. The van der Waals surface area contributed by atoms with Crippen LogP contribution in [-0.2, 0) is 6.54 Å². The Morgan fingerprint density at radius 3 is 2.06 bits per heavy atom. The molecule has 2 nitrogen and oxygen atoms in total. The molecule has 0 unspecified atom stereocenters. The predicted molar refractivity (Wildman–Crippen MR) is 53.4 cm³/mol. The van der Waals surface area contributed by atoms with Gasteiger partial charge < -0.3 is 0 Å². The van der Waals surface area contributed by atoms with Gasteiger partial charge in [-0.15, -0.1) is 6.42 Å². The number of nitrogens with zero attached hydrogens (tertiary/aromatic N) is 2. The molecular formula is C8H9F6N2P. The monoisotopic (exact) mass is 278 g/mol. The van der Waals surface area contributed by atoms with Gasteiger partial charge in [0, 0.05) is 0 Å². The Labute approximate surface area is 93.4 Å². The summed E-state index contributed by atoms with van der Waals surface area (Å²) in [6, 6.07) is 0. The van der Waals surface area contributed by atoms with E-state index in [0.29, 0.717) is 6.54 Å². The topological polar surface area (TPSA) is 8.81 Å². The summed E-state index contributed by atoms with van der Waals surface area (Å²) in [5.41, 5.74) is 0. The first-order valence-corrected chi connectivity index (χ1v) is 6.03. The summed E-state index contributed by atoms with van der Waals surface area (Å²) in [5.74, 6) is 2.54. The van der Waals surface area contributed by atoms with Crippen LogP contribution in [0.15, 0.2) is 25.3 Å². The van der Waals surface area contributed by atoms with Crippen molar-refractivity contribution in [3.8, 4) is 12.3 Å². The molecule has 0 aromatic carbocycles. The maximum atomic E-state index is 9.87. The van der Waals surface area contributed by atoms with E-state index in [9.17, 15) is 25.2 Å². The van der Waals surface area contributed by atoms with Crippen LogP contribution in [0.4, 0.5) is 25.2 Å². The van der Waals surface area contributed by atoms with Crippen molar-refractivity contribution in [2.75, 3.05) is 0 Å². The van der Waals surface area contributed by atoms with Gasteiger partial charge in [0.1, 0.15) is 12.4 Å². The summed E-state index contributed by atoms with van der Waals surface area (Å²) >= 11 is 0. The average molecular weight is 278 g/mol. The third kappa shape index (κ3) is 14.5. The van der Waals surface area contributed by atoms with Gasteiger partial charge in [-0.1, -0.05) is 12.5 Å². The van der Waals surface area contributed by atoms with E-state index in [2.05, 4.69) is 12.5 Å². The second-order valence-electron chi connectivity index (χ2n) is 2.88. The molecule has 0 saturated carbocycles. The first-order chi connectivity index (χ1) is 7.31. The van der Waals surface area contributed by atoms with E-state index in [4.69, 9.17) is 6.42 Å². The molecule has 17 heavy (non-hydrogen) atoms. The van der Waals surface area contributed by atoms with Crippen molar-refractivity contribution in [1.82, 2.24) is 4.57 Å². The number of imidazole rings is 1. The molecule has 1 rings (SSSR count). The molecule has 0 N–H and O–H groups in total. The van der Waals surface area contributed by atoms with Crippen molar-refractivity contribution in [3.63, 3.8) is 0 Å². The quantitative estimate of drug-likeness (QED) is 0.336. The molecule has 9 heteroatoms. The number of rotatable bonds is 2. The van der Waals surface area contributed by atoms with Gasteiger partial charge in [0.2, 0.25) is 6.33 Å². The molecule has 1 aromatic heterocycles. The Morgan fingerprint density at radius 2 is 1.76 bits per heavy atom. The third-order valence-corrected chi connectivity index (χ3v) is 1.20. The Kier molecular flexibility index (Phi) is 3.72.